The second-order valence-electron chi connectivity index (χ2n) is 6.81. The highest BCUT2D eigenvalue weighted by molar-refractivity contribution is 5.95. The molecule has 0 radical (unpaired) electrons. The maximum atomic E-state index is 12.7. The molecule has 0 amide bonds. The van der Waals surface area contributed by atoms with Gasteiger partial charge in [-0.05, 0) is 41.7 Å². The third-order valence-electron chi connectivity index (χ3n) is 4.65. The number of nitrogens with zero attached hydrogens (tertiary/aromatic N) is 3. The smallest absolute Gasteiger partial charge is 0.346 e. The molecule has 2 aromatic carbocycles. The summed E-state index contributed by atoms with van der Waals surface area (Å²) in [4.78, 5) is 24.2. The first-order chi connectivity index (χ1) is 14.0. The summed E-state index contributed by atoms with van der Waals surface area (Å²) >= 11 is 0. The van der Waals surface area contributed by atoms with E-state index in [-0.39, 0.29) is 11.3 Å². The van der Waals surface area contributed by atoms with E-state index in [4.69, 9.17) is 0 Å². The van der Waals surface area contributed by atoms with Gasteiger partial charge in [0.1, 0.15) is 0 Å². The second kappa shape index (κ2) is 9.19. The minimum Gasteiger partial charge on any atom is -0.478 e. The van der Waals surface area contributed by atoms with Crippen molar-refractivity contribution in [3.63, 3.8) is 0 Å². The number of allylic oxidation sites excluding steroid dienone is 1. The molecular weight excluding hydrogens is 366 g/mol. The van der Waals surface area contributed by atoms with Crippen LogP contribution in [0.5, 0.6) is 0 Å². The normalized spacial score (nSPS) is 11.2. The number of carboxylic acids is 1. The van der Waals surface area contributed by atoms with E-state index >= 15 is 0 Å². The van der Waals surface area contributed by atoms with Crippen molar-refractivity contribution in [1.82, 2.24) is 14.3 Å². The number of aryl methyl sites for hydroxylation is 1. The van der Waals surface area contributed by atoms with Crippen molar-refractivity contribution in [3.8, 4) is 11.1 Å². The summed E-state index contributed by atoms with van der Waals surface area (Å²) in [5.74, 6) is -0.308. The second-order valence-corrected chi connectivity index (χ2v) is 6.81. The number of benzene rings is 2. The average molecular weight is 391 g/mol. The third kappa shape index (κ3) is 4.54. The van der Waals surface area contributed by atoms with Gasteiger partial charge in [-0.15, -0.1) is 0 Å². The molecule has 3 rings (SSSR count). The standard InChI is InChI=1S/C23H25N3O3/c1-3-5-10-21-24-26(15-4-2)23(29)25(21)16-17-11-13-18(14-12-17)19-8-6-7-9-20(19)22(27)28/h5-14H,3-4,15-16H2,1-2H3,(H,27,28). The predicted molar refractivity (Wildman–Crippen MR) is 114 cm³/mol. The predicted octanol–water partition coefficient (Wildman–Crippen LogP) is 4.29. The fraction of sp³-hybridized carbons (Fsp3) is 0.261. The molecule has 0 unspecified atom stereocenters. The van der Waals surface area contributed by atoms with E-state index in [2.05, 4.69) is 5.10 Å². The molecule has 0 saturated heterocycles. The van der Waals surface area contributed by atoms with Crippen molar-refractivity contribution < 1.29 is 9.90 Å². The highest BCUT2D eigenvalue weighted by Gasteiger charge is 2.13. The van der Waals surface area contributed by atoms with E-state index in [0.29, 0.717) is 24.5 Å². The maximum Gasteiger partial charge on any atom is 0.346 e. The van der Waals surface area contributed by atoms with Crippen LogP contribution in [-0.2, 0) is 13.1 Å². The molecule has 6 nitrogen and oxygen atoms in total. The van der Waals surface area contributed by atoms with Crippen LogP contribution in [0.3, 0.4) is 0 Å². The molecule has 29 heavy (non-hydrogen) atoms. The SMILES string of the molecule is CCC=Cc1nn(CCC)c(=O)n1Cc1ccc(-c2ccccc2C(=O)O)cc1. The fourth-order valence-electron chi connectivity index (χ4n) is 3.20. The zero-order valence-electron chi connectivity index (χ0n) is 16.7. The van der Waals surface area contributed by atoms with Gasteiger partial charge in [-0.1, -0.05) is 62.4 Å². The topological polar surface area (TPSA) is 77.1 Å². The van der Waals surface area contributed by atoms with Crippen LogP contribution >= 0.6 is 0 Å². The Morgan fingerprint density at radius 3 is 2.48 bits per heavy atom. The molecule has 150 valence electrons. The Bertz CT molecular complexity index is 1080. The van der Waals surface area contributed by atoms with Gasteiger partial charge in [-0.25, -0.2) is 14.3 Å². The van der Waals surface area contributed by atoms with Gasteiger partial charge in [-0.2, -0.15) is 5.10 Å². The Balaban J connectivity index is 1.92. The van der Waals surface area contributed by atoms with Crippen molar-refractivity contribution in [2.24, 2.45) is 0 Å². The van der Waals surface area contributed by atoms with Crippen molar-refractivity contribution in [2.75, 3.05) is 0 Å². The van der Waals surface area contributed by atoms with Crippen LogP contribution in [0, 0.1) is 0 Å². The summed E-state index contributed by atoms with van der Waals surface area (Å²) in [6, 6.07) is 14.6. The lowest BCUT2D eigenvalue weighted by atomic mass is 9.99. The Kier molecular flexibility index (Phi) is 6.44. The van der Waals surface area contributed by atoms with Gasteiger partial charge in [0, 0.05) is 6.54 Å². The molecule has 0 fully saturated rings. The van der Waals surface area contributed by atoms with E-state index in [9.17, 15) is 14.7 Å². The molecule has 0 atom stereocenters. The summed E-state index contributed by atoms with van der Waals surface area (Å²) in [5.41, 5.74) is 2.59. The highest BCUT2D eigenvalue weighted by Crippen LogP contribution is 2.24. The number of rotatable bonds is 8. The van der Waals surface area contributed by atoms with Gasteiger partial charge in [0.25, 0.3) is 0 Å². The largest absolute Gasteiger partial charge is 0.478 e. The molecule has 1 aromatic heterocycles. The molecule has 0 bridgehead atoms. The first-order valence-electron chi connectivity index (χ1n) is 9.81. The first kappa shape index (κ1) is 20.3. The molecule has 1 heterocycles. The summed E-state index contributed by atoms with van der Waals surface area (Å²) in [6.45, 7) is 5.05. The highest BCUT2D eigenvalue weighted by atomic mass is 16.4. The lowest BCUT2D eigenvalue weighted by molar-refractivity contribution is 0.0697. The van der Waals surface area contributed by atoms with Gasteiger partial charge < -0.3 is 5.11 Å². The number of aromatic nitrogens is 3. The van der Waals surface area contributed by atoms with Crippen LogP contribution in [0.25, 0.3) is 17.2 Å². The Labute approximate surface area is 169 Å². The Morgan fingerprint density at radius 2 is 1.83 bits per heavy atom. The summed E-state index contributed by atoms with van der Waals surface area (Å²) < 4.78 is 3.18. The molecular formula is C23H25N3O3. The summed E-state index contributed by atoms with van der Waals surface area (Å²) in [6.07, 6.45) is 5.57. The maximum absolute atomic E-state index is 12.7. The molecule has 0 spiro atoms. The van der Waals surface area contributed by atoms with E-state index in [1.54, 1.807) is 22.8 Å². The van der Waals surface area contributed by atoms with Gasteiger partial charge in [0.2, 0.25) is 0 Å². The van der Waals surface area contributed by atoms with Crippen molar-refractivity contribution in [3.05, 3.63) is 82.0 Å². The van der Waals surface area contributed by atoms with Crippen LogP contribution in [0.15, 0.2) is 59.4 Å². The lowest BCUT2D eigenvalue weighted by Crippen LogP contribution is -2.25. The third-order valence-corrected chi connectivity index (χ3v) is 4.65. The lowest BCUT2D eigenvalue weighted by Gasteiger charge is -2.08. The quantitative estimate of drug-likeness (QED) is 0.621. The van der Waals surface area contributed by atoms with E-state index in [0.717, 1.165) is 24.0 Å². The van der Waals surface area contributed by atoms with Crippen molar-refractivity contribution in [1.29, 1.82) is 0 Å². The molecule has 0 aliphatic carbocycles. The van der Waals surface area contributed by atoms with Crippen LogP contribution in [0.2, 0.25) is 0 Å². The van der Waals surface area contributed by atoms with E-state index in [1.807, 2.05) is 56.3 Å². The van der Waals surface area contributed by atoms with Crippen LogP contribution in [-0.4, -0.2) is 25.4 Å². The number of aromatic carboxylic acids is 1. The van der Waals surface area contributed by atoms with Crippen LogP contribution in [0.4, 0.5) is 0 Å². The van der Waals surface area contributed by atoms with Gasteiger partial charge in [0.15, 0.2) is 5.82 Å². The van der Waals surface area contributed by atoms with Crippen molar-refractivity contribution >= 4 is 12.0 Å². The van der Waals surface area contributed by atoms with Crippen LogP contribution < -0.4 is 5.69 Å². The number of carbonyl (C=O) groups is 1. The monoisotopic (exact) mass is 391 g/mol. The molecule has 3 aromatic rings. The van der Waals surface area contributed by atoms with Crippen molar-refractivity contribution in [2.45, 2.75) is 39.8 Å². The minimum absolute atomic E-state index is 0.122. The first-order valence-corrected chi connectivity index (χ1v) is 9.81. The average Bonchev–Trinajstić information content (AvgIpc) is 3.02. The molecule has 0 saturated carbocycles. The summed E-state index contributed by atoms with van der Waals surface area (Å²) in [5, 5.41) is 13.8. The van der Waals surface area contributed by atoms with Crippen LogP contribution in [0.1, 0.15) is 48.4 Å². The number of carboxylic acid groups (broad SMARTS) is 1. The molecule has 1 N–H and O–H groups in total. The van der Waals surface area contributed by atoms with Gasteiger partial charge >= 0.3 is 11.7 Å². The Morgan fingerprint density at radius 1 is 1.10 bits per heavy atom. The van der Waals surface area contributed by atoms with Gasteiger partial charge in [-0.3, -0.25) is 4.57 Å². The zero-order valence-corrected chi connectivity index (χ0v) is 16.7. The van der Waals surface area contributed by atoms with E-state index < -0.39 is 5.97 Å². The van der Waals surface area contributed by atoms with E-state index in [1.165, 1.54) is 4.68 Å². The molecule has 0 aliphatic rings. The number of hydrogen-bond donors (Lipinski definition) is 1. The molecule has 0 aliphatic heterocycles. The summed E-state index contributed by atoms with van der Waals surface area (Å²) in [7, 11) is 0. The fourth-order valence-corrected chi connectivity index (χ4v) is 3.20. The minimum atomic E-state index is -0.952. The number of hydrogen-bond acceptors (Lipinski definition) is 3. The molecule has 6 heteroatoms. The Hall–Kier alpha value is -3.41. The zero-order chi connectivity index (χ0) is 20.8. The van der Waals surface area contributed by atoms with Gasteiger partial charge in [0.05, 0.1) is 12.1 Å².